The first-order valence-corrected chi connectivity index (χ1v) is 4.44. The van der Waals surface area contributed by atoms with E-state index in [9.17, 15) is 19.5 Å². The van der Waals surface area contributed by atoms with Gasteiger partial charge in [0.25, 0.3) is 0 Å². The van der Waals surface area contributed by atoms with Gasteiger partial charge in [-0.1, -0.05) is 0 Å². The lowest BCUT2D eigenvalue weighted by molar-refractivity contribution is -0.306. The molecule has 1 amide bonds. The van der Waals surface area contributed by atoms with Crippen molar-refractivity contribution in [2.75, 3.05) is 0 Å². The van der Waals surface area contributed by atoms with Gasteiger partial charge in [0.05, 0.1) is 5.92 Å². The van der Waals surface area contributed by atoms with Crippen LogP contribution in [0.4, 0.5) is 0 Å². The van der Waals surface area contributed by atoms with Crippen LogP contribution >= 0.6 is 0 Å². The van der Waals surface area contributed by atoms with Crippen LogP contribution in [-0.4, -0.2) is 23.7 Å². The fraction of sp³-hybridized carbons (Fsp3) is 0.667. The number of hydrogen-bond donors (Lipinski definition) is 1. The van der Waals surface area contributed by atoms with E-state index in [2.05, 4.69) is 5.32 Å². The van der Waals surface area contributed by atoms with Crippen LogP contribution in [0.2, 0.25) is 0 Å². The predicted octanol–water partition coefficient (Wildman–Crippen LogP) is -1.53. The van der Waals surface area contributed by atoms with E-state index in [1.54, 1.807) is 6.92 Å². The smallest absolute Gasteiger partial charge is 0.224 e. The van der Waals surface area contributed by atoms with Gasteiger partial charge < -0.3 is 15.2 Å². The number of nitrogens with one attached hydrogen (secondary N) is 1. The second-order valence-corrected chi connectivity index (χ2v) is 3.62. The molecule has 0 unspecified atom stereocenters. The normalized spacial score (nSPS) is 31.3. The average Bonchev–Trinajstić information content (AvgIpc) is 2.25. The minimum Gasteiger partial charge on any atom is -0.550 e. The summed E-state index contributed by atoms with van der Waals surface area (Å²) >= 11 is 0. The Morgan fingerprint density at radius 2 is 2.07 bits per heavy atom. The number of carbonyl (C=O) groups is 3. The van der Waals surface area contributed by atoms with Gasteiger partial charge in [0.15, 0.2) is 0 Å². The summed E-state index contributed by atoms with van der Waals surface area (Å²) in [6.07, 6.45) is -0.388. The lowest BCUT2D eigenvalue weighted by atomic mass is 9.85. The second-order valence-electron chi connectivity index (χ2n) is 3.62. The van der Waals surface area contributed by atoms with E-state index in [0.717, 1.165) is 0 Å². The summed E-state index contributed by atoms with van der Waals surface area (Å²) in [5, 5.41) is 12.9. The maximum atomic E-state index is 11.3. The Morgan fingerprint density at radius 3 is 2.50 bits per heavy atom. The largest absolute Gasteiger partial charge is 0.550 e. The molecule has 1 heterocycles. The van der Waals surface area contributed by atoms with Gasteiger partial charge in [-0.3, -0.25) is 9.59 Å². The number of rotatable bonds is 3. The van der Waals surface area contributed by atoms with Crippen LogP contribution in [0.25, 0.3) is 0 Å². The van der Waals surface area contributed by atoms with E-state index < -0.39 is 17.8 Å². The first kappa shape index (κ1) is 10.7. The molecule has 0 bridgehead atoms. The fourth-order valence-corrected chi connectivity index (χ4v) is 1.97. The molecule has 78 valence electrons. The molecule has 1 aliphatic rings. The summed E-state index contributed by atoms with van der Waals surface area (Å²) in [4.78, 5) is 32.8. The van der Waals surface area contributed by atoms with Crippen LogP contribution in [0.5, 0.6) is 0 Å². The Bertz CT molecular complexity index is 287. The van der Waals surface area contributed by atoms with Crippen LogP contribution in [0.1, 0.15) is 20.3 Å². The Labute approximate surface area is 81.5 Å². The Hall–Kier alpha value is -1.39. The van der Waals surface area contributed by atoms with Crippen molar-refractivity contribution in [1.82, 2.24) is 5.32 Å². The third kappa shape index (κ3) is 1.92. The monoisotopic (exact) mass is 198 g/mol. The van der Waals surface area contributed by atoms with Crippen molar-refractivity contribution in [2.45, 2.75) is 26.3 Å². The predicted molar refractivity (Wildman–Crippen MR) is 44.9 cm³/mol. The summed E-state index contributed by atoms with van der Waals surface area (Å²) < 4.78 is 0. The van der Waals surface area contributed by atoms with Crippen molar-refractivity contribution in [3.63, 3.8) is 0 Å². The number of carboxylic acid groups (broad SMARTS) is 1. The highest BCUT2D eigenvalue weighted by atomic mass is 16.4. The Balaban J connectivity index is 2.83. The van der Waals surface area contributed by atoms with Crippen molar-refractivity contribution in [3.05, 3.63) is 0 Å². The van der Waals surface area contributed by atoms with Gasteiger partial charge in [-0.15, -0.1) is 0 Å². The van der Waals surface area contributed by atoms with E-state index >= 15 is 0 Å². The fourth-order valence-electron chi connectivity index (χ4n) is 1.97. The van der Waals surface area contributed by atoms with Crippen molar-refractivity contribution in [2.24, 2.45) is 11.8 Å². The number of ketones is 1. The van der Waals surface area contributed by atoms with Crippen molar-refractivity contribution >= 4 is 17.7 Å². The minimum absolute atomic E-state index is 0.165. The van der Waals surface area contributed by atoms with Crippen LogP contribution in [0.3, 0.4) is 0 Å². The Morgan fingerprint density at radius 1 is 1.50 bits per heavy atom. The van der Waals surface area contributed by atoms with E-state index in [-0.39, 0.29) is 24.2 Å². The molecule has 5 nitrogen and oxygen atoms in total. The maximum absolute atomic E-state index is 11.3. The van der Waals surface area contributed by atoms with Gasteiger partial charge >= 0.3 is 0 Å². The zero-order chi connectivity index (χ0) is 10.9. The number of carbonyl (C=O) groups excluding carboxylic acids is 3. The minimum atomic E-state index is -1.30. The van der Waals surface area contributed by atoms with E-state index in [0.29, 0.717) is 0 Å². The summed E-state index contributed by atoms with van der Waals surface area (Å²) in [6, 6.07) is -0.288. The van der Waals surface area contributed by atoms with Crippen LogP contribution in [0.15, 0.2) is 0 Å². The highest BCUT2D eigenvalue weighted by Gasteiger charge is 2.42. The molecule has 5 heteroatoms. The maximum Gasteiger partial charge on any atom is 0.224 e. The number of Topliss-reactive ketones (excluding diaryl/α,β-unsaturated/α-hetero) is 1. The third-order valence-electron chi connectivity index (χ3n) is 2.53. The number of carboxylic acids is 1. The zero-order valence-corrected chi connectivity index (χ0v) is 8.07. The lowest BCUT2D eigenvalue weighted by Crippen LogP contribution is -2.32. The van der Waals surface area contributed by atoms with Crippen LogP contribution < -0.4 is 10.4 Å². The highest BCUT2D eigenvalue weighted by Crippen LogP contribution is 2.26. The molecule has 1 N–H and O–H groups in total. The average molecular weight is 198 g/mol. The molecule has 1 rings (SSSR count). The summed E-state index contributed by atoms with van der Waals surface area (Å²) in [5.74, 6) is -3.15. The van der Waals surface area contributed by atoms with Gasteiger partial charge in [0.2, 0.25) is 5.91 Å². The molecule has 0 spiro atoms. The topological polar surface area (TPSA) is 86.3 Å². The molecule has 14 heavy (non-hydrogen) atoms. The third-order valence-corrected chi connectivity index (χ3v) is 2.53. The summed E-state index contributed by atoms with van der Waals surface area (Å²) in [6.45, 7) is 3.06. The van der Waals surface area contributed by atoms with Crippen LogP contribution in [-0.2, 0) is 14.4 Å². The van der Waals surface area contributed by atoms with E-state index in [4.69, 9.17) is 0 Å². The number of amides is 1. The first-order valence-electron chi connectivity index (χ1n) is 4.44. The molecule has 0 aromatic rings. The molecule has 3 atom stereocenters. The molecule has 0 radical (unpaired) electrons. The standard InChI is InChI=1S/C9H13NO4/c1-4-8(5(2)11)6(3-7(12)13)9(14)10-4/h4,6,8H,3H2,1-2H3,(H,10,14)(H,12,13)/p-1/t4-,6-,8-/m0/s1. The van der Waals surface area contributed by atoms with Crippen molar-refractivity contribution in [1.29, 1.82) is 0 Å². The quantitative estimate of drug-likeness (QED) is 0.595. The van der Waals surface area contributed by atoms with Gasteiger partial charge in [-0.25, -0.2) is 0 Å². The summed E-state index contributed by atoms with van der Waals surface area (Å²) in [5.41, 5.74) is 0. The highest BCUT2D eigenvalue weighted by molar-refractivity contribution is 5.93. The van der Waals surface area contributed by atoms with Gasteiger partial charge in [-0.05, 0) is 20.3 Å². The Kier molecular flexibility index (Phi) is 2.88. The van der Waals surface area contributed by atoms with E-state index in [1.165, 1.54) is 6.92 Å². The molecule has 1 saturated heterocycles. The van der Waals surface area contributed by atoms with Crippen molar-refractivity contribution in [3.8, 4) is 0 Å². The van der Waals surface area contributed by atoms with Gasteiger partial charge in [-0.2, -0.15) is 0 Å². The molecule has 0 aromatic carbocycles. The number of hydrogen-bond acceptors (Lipinski definition) is 4. The molecule has 0 aliphatic carbocycles. The zero-order valence-electron chi connectivity index (χ0n) is 8.07. The van der Waals surface area contributed by atoms with Crippen LogP contribution in [0, 0.1) is 11.8 Å². The van der Waals surface area contributed by atoms with E-state index in [1.807, 2.05) is 0 Å². The van der Waals surface area contributed by atoms with Gasteiger partial charge in [0, 0.05) is 17.9 Å². The second kappa shape index (κ2) is 3.77. The van der Waals surface area contributed by atoms with Crippen molar-refractivity contribution < 1.29 is 19.5 Å². The lowest BCUT2D eigenvalue weighted by Gasteiger charge is -2.16. The molecule has 1 aliphatic heterocycles. The number of aliphatic carboxylic acids is 1. The molecule has 1 fully saturated rings. The molecular weight excluding hydrogens is 186 g/mol. The SMILES string of the molecule is CC(=O)[C@@H]1[C@H](C)NC(=O)[C@H]1CC(=O)[O-]. The molecule has 0 saturated carbocycles. The molecular formula is C9H12NO4-. The molecule has 0 aromatic heterocycles. The first-order chi connectivity index (χ1) is 6.43. The van der Waals surface area contributed by atoms with Gasteiger partial charge in [0.1, 0.15) is 5.78 Å². The summed E-state index contributed by atoms with van der Waals surface area (Å²) in [7, 11) is 0.